The lowest BCUT2D eigenvalue weighted by Crippen LogP contribution is -2.02. The Morgan fingerprint density at radius 2 is 2.00 bits per heavy atom. The molecule has 1 aromatic heterocycles. The molecule has 0 saturated carbocycles. The van der Waals surface area contributed by atoms with E-state index >= 15 is 0 Å². The van der Waals surface area contributed by atoms with E-state index in [2.05, 4.69) is 9.97 Å². The van der Waals surface area contributed by atoms with Gasteiger partial charge in [-0.05, 0) is 18.2 Å². The van der Waals surface area contributed by atoms with E-state index in [-0.39, 0.29) is 5.92 Å². The Bertz CT molecular complexity index is 523. The fourth-order valence-electron chi connectivity index (χ4n) is 1.54. The Hall–Kier alpha value is -1.84. The van der Waals surface area contributed by atoms with Crippen LogP contribution in [0, 0.1) is 0 Å². The minimum atomic E-state index is 0.272. The normalized spacial score (nSPS) is 11.0. The third kappa shape index (κ3) is 1.78. The van der Waals surface area contributed by atoms with E-state index in [4.69, 9.17) is 10.5 Å². The lowest BCUT2D eigenvalue weighted by molar-refractivity contribution is 0.415. The minimum Gasteiger partial charge on any atom is -0.497 e. The highest BCUT2D eigenvalue weighted by Crippen LogP contribution is 2.24. The number of benzene rings is 1. The van der Waals surface area contributed by atoms with Gasteiger partial charge in [0.1, 0.15) is 17.4 Å². The lowest BCUT2D eigenvalue weighted by Gasteiger charge is -2.08. The quantitative estimate of drug-likeness (QED) is 0.838. The van der Waals surface area contributed by atoms with Gasteiger partial charge in [0, 0.05) is 11.3 Å². The predicted molar refractivity (Wildman–Crippen MR) is 64.6 cm³/mol. The molecule has 0 atom stereocenters. The molecule has 4 nitrogen and oxygen atoms in total. The van der Waals surface area contributed by atoms with Crippen LogP contribution in [-0.2, 0) is 0 Å². The molecule has 2 aromatic rings. The maximum atomic E-state index is 5.91. The Balaban J connectivity index is 2.66. The number of nitrogen functional groups attached to an aromatic ring is 1. The Labute approximate surface area is 94.5 Å². The second-order valence-electron chi connectivity index (χ2n) is 4.00. The number of hydrogen-bond acceptors (Lipinski definition) is 4. The summed E-state index contributed by atoms with van der Waals surface area (Å²) in [6, 6.07) is 5.63. The van der Waals surface area contributed by atoms with Gasteiger partial charge in [-0.1, -0.05) is 13.8 Å². The summed E-state index contributed by atoms with van der Waals surface area (Å²) in [6.45, 7) is 4.09. The van der Waals surface area contributed by atoms with E-state index in [0.717, 1.165) is 22.5 Å². The van der Waals surface area contributed by atoms with Crippen LogP contribution in [0.4, 0.5) is 5.82 Å². The van der Waals surface area contributed by atoms with Gasteiger partial charge < -0.3 is 10.5 Å². The number of methoxy groups -OCH3 is 1. The van der Waals surface area contributed by atoms with Crippen molar-refractivity contribution in [1.82, 2.24) is 9.97 Å². The molecule has 0 aliphatic carbocycles. The first-order valence-corrected chi connectivity index (χ1v) is 5.23. The van der Waals surface area contributed by atoms with Crippen LogP contribution in [0.5, 0.6) is 5.75 Å². The van der Waals surface area contributed by atoms with Crippen molar-refractivity contribution in [3.8, 4) is 5.75 Å². The average Bonchev–Trinajstić information content (AvgIpc) is 2.28. The van der Waals surface area contributed by atoms with E-state index in [0.29, 0.717) is 5.82 Å². The molecule has 84 valence electrons. The highest BCUT2D eigenvalue weighted by atomic mass is 16.5. The molecule has 1 heterocycles. The number of rotatable bonds is 2. The van der Waals surface area contributed by atoms with Gasteiger partial charge in [0.25, 0.3) is 0 Å². The van der Waals surface area contributed by atoms with Crippen molar-refractivity contribution in [2.24, 2.45) is 0 Å². The van der Waals surface area contributed by atoms with Crippen LogP contribution in [0.15, 0.2) is 18.2 Å². The summed E-state index contributed by atoms with van der Waals surface area (Å²) in [6.07, 6.45) is 0. The molecule has 0 spiro atoms. The molecule has 0 unspecified atom stereocenters. The number of fused-ring (bicyclic) bond motifs is 1. The molecule has 0 aliphatic rings. The van der Waals surface area contributed by atoms with Crippen LogP contribution in [0.1, 0.15) is 25.6 Å². The highest BCUT2D eigenvalue weighted by molar-refractivity contribution is 5.89. The van der Waals surface area contributed by atoms with Gasteiger partial charge in [-0.3, -0.25) is 0 Å². The molecule has 0 fully saturated rings. The summed E-state index contributed by atoms with van der Waals surface area (Å²) in [5.41, 5.74) is 6.77. The third-order valence-corrected chi connectivity index (χ3v) is 2.47. The first-order valence-electron chi connectivity index (χ1n) is 5.23. The van der Waals surface area contributed by atoms with Gasteiger partial charge in [0.2, 0.25) is 0 Å². The molecule has 4 heteroatoms. The molecule has 2 N–H and O–H groups in total. The van der Waals surface area contributed by atoms with E-state index in [1.54, 1.807) is 7.11 Å². The zero-order valence-corrected chi connectivity index (χ0v) is 9.69. The van der Waals surface area contributed by atoms with E-state index in [1.165, 1.54) is 0 Å². The van der Waals surface area contributed by atoms with Crippen LogP contribution in [0.25, 0.3) is 10.9 Å². The number of ether oxygens (including phenoxy) is 1. The Morgan fingerprint density at radius 3 is 2.62 bits per heavy atom. The van der Waals surface area contributed by atoms with Crippen LogP contribution in [-0.4, -0.2) is 17.1 Å². The molecule has 1 aromatic carbocycles. The second-order valence-corrected chi connectivity index (χ2v) is 4.00. The molecule has 2 rings (SSSR count). The van der Waals surface area contributed by atoms with Gasteiger partial charge in [-0.25, -0.2) is 9.97 Å². The minimum absolute atomic E-state index is 0.272. The summed E-state index contributed by atoms with van der Waals surface area (Å²) in [5.74, 6) is 2.32. The van der Waals surface area contributed by atoms with Crippen molar-refractivity contribution in [3.05, 3.63) is 24.0 Å². The maximum Gasteiger partial charge on any atom is 0.135 e. The summed E-state index contributed by atoms with van der Waals surface area (Å²) >= 11 is 0. The van der Waals surface area contributed by atoms with E-state index in [1.807, 2.05) is 32.0 Å². The molecule has 0 aliphatic heterocycles. The van der Waals surface area contributed by atoms with Crippen LogP contribution < -0.4 is 10.5 Å². The lowest BCUT2D eigenvalue weighted by atomic mass is 10.1. The number of nitrogens with zero attached hydrogens (tertiary/aromatic N) is 2. The summed E-state index contributed by atoms with van der Waals surface area (Å²) < 4.78 is 5.14. The molecular weight excluding hydrogens is 202 g/mol. The summed E-state index contributed by atoms with van der Waals surface area (Å²) in [7, 11) is 1.63. The number of hydrogen-bond donors (Lipinski definition) is 1. The van der Waals surface area contributed by atoms with Gasteiger partial charge in [0.05, 0.1) is 12.6 Å². The first kappa shape index (κ1) is 10.7. The van der Waals surface area contributed by atoms with Crippen LogP contribution in [0.3, 0.4) is 0 Å². The maximum absolute atomic E-state index is 5.91. The van der Waals surface area contributed by atoms with Crippen molar-refractivity contribution < 1.29 is 4.74 Å². The van der Waals surface area contributed by atoms with Crippen molar-refractivity contribution in [1.29, 1.82) is 0 Å². The van der Waals surface area contributed by atoms with E-state index < -0.39 is 0 Å². The van der Waals surface area contributed by atoms with E-state index in [9.17, 15) is 0 Å². The standard InChI is InChI=1S/C12H15N3O/c1-7(2)12-14-10-5-4-8(16-3)6-9(10)11(13)15-12/h4-7H,1-3H3,(H2,13,14,15). The topological polar surface area (TPSA) is 61.0 Å². The number of anilines is 1. The third-order valence-electron chi connectivity index (χ3n) is 2.47. The second kappa shape index (κ2) is 3.96. The van der Waals surface area contributed by atoms with Gasteiger partial charge in [0.15, 0.2) is 0 Å². The monoisotopic (exact) mass is 217 g/mol. The zero-order chi connectivity index (χ0) is 11.7. The fourth-order valence-corrected chi connectivity index (χ4v) is 1.54. The van der Waals surface area contributed by atoms with Crippen molar-refractivity contribution in [2.75, 3.05) is 12.8 Å². The van der Waals surface area contributed by atoms with Gasteiger partial charge in [-0.2, -0.15) is 0 Å². The SMILES string of the molecule is COc1ccc2nc(C(C)C)nc(N)c2c1. The number of nitrogens with two attached hydrogens (primary N) is 1. The fraction of sp³-hybridized carbons (Fsp3) is 0.333. The summed E-state index contributed by atoms with van der Waals surface area (Å²) in [5, 5.41) is 0.837. The molecular formula is C12H15N3O. The number of aromatic nitrogens is 2. The largest absolute Gasteiger partial charge is 0.497 e. The first-order chi connectivity index (χ1) is 7.61. The van der Waals surface area contributed by atoms with Crippen LogP contribution in [0.2, 0.25) is 0 Å². The van der Waals surface area contributed by atoms with Crippen molar-refractivity contribution in [2.45, 2.75) is 19.8 Å². The highest BCUT2D eigenvalue weighted by Gasteiger charge is 2.08. The van der Waals surface area contributed by atoms with Gasteiger partial charge in [-0.15, -0.1) is 0 Å². The molecule has 0 saturated heterocycles. The Kier molecular flexibility index (Phi) is 2.64. The van der Waals surface area contributed by atoms with Gasteiger partial charge >= 0.3 is 0 Å². The zero-order valence-electron chi connectivity index (χ0n) is 9.69. The molecule has 0 amide bonds. The molecule has 0 radical (unpaired) electrons. The van der Waals surface area contributed by atoms with Crippen molar-refractivity contribution in [3.63, 3.8) is 0 Å². The smallest absolute Gasteiger partial charge is 0.135 e. The average molecular weight is 217 g/mol. The van der Waals surface area contributed by atoms with Crippen LogP contribution >= 0.6 is 0 Å². The molecule has 0 bridgehead atoms. The Morgan fingerprint density at radius 1 is 1.25 bits per heavy atom. The predicted octanol–water partition coefficient (Wildman–Crippen LogP) is 2.34. The summed E-state index contributed by atoms with van der Waals surface area (Å²) in [4.78, 5) is 8.75. The molecule has 16 heavy (non-hydrogen) atoms. The van der Waals surface area contributed by atoms with Crippen molar-refractivity contribution >= 4 is 16.7 Å².